The summed E-state index contributed by atoms with van der Waals surface area (Å²) in [6.07, 6.45) is 0. The minimum atomic E-state index is -0.222. The molecule has 1 aromatic rings. The van der Waals surface area contributed by atoms with Crippen molar-refractivity contribution in [2.45, 2.75) is 19.9 Å². The standard InChI is InChI=1S/C13H20N2O3S/c1-9(8-16)10(2)14-12(17)7-15(3)13(18)11-5-4-6-19-11/h4-6,9-10,16H,7-8H2,1-3H3,(H,14,17). The van der Waals surface area contributed by atoms with E-state index in [1.165, 1.54) is 16.2 Å². The van der Waals surface area contributed by atoms with Crippen molar-refractivity contribution < 1.29 is 14.7 Å². The van der Waals surface area contributed by atoms with E-state index in [0.29, 0.717) is 4.88 Å². The van der Waals surface area contributed by atoms with Gasteiger partial charge in [-0.1, -0.05) is 13.0 Å². The predicted octanol–water partition coefficient (Wildman–Crippen LogP) is 0.953. The third-order valence-corrected chi connectivity index (χ3v) is 3.85. The van der Waals surface area contributed by atoms with E-state index in [9.17, 15) is 9.59 Å². The number of hydrogen-bond donors (Lipinski definition) is 2. The Balaban J connectivity index is 2.46. The van der Waals surface area contributed by atoms with Gasteiger partial charge in [0.2, 0.25) is 5.91 Å². The Morgan fingerprint density at radius 1 is 1.47 bits per heavy atom. The van der Waals surface area contributed by atoms with Crippen molar-refractivity contribution in [3.05, 3.63) is 22.4 Å². The lowest BCUT2D eigenvalue weighted by molar-refractivity contribution is -0.122. The van der Waals surface area contributed by atoms with E-state index in [4.69, 9.17) is 5.11 Å². The second-order valence-electron chi connectivity index (χ2n) is 4.65. The Morgan fingerprint density at radius 3 is 2.68 bits per heavy atom. The van der Waals surface area contributed by atoms with Crippen LogP contribution in [0, 0.1) is 5.92 Å². The normalized spacial score (nSPS) is 13.7. The quantitative estimate of drug-likeness (QED) is 0.817. The molecule has 0 spiro atoms. The van der Waals surface area contributed by atoms with Crippen LogP contribution in [-0.2, 0) is 4.79 Å². The number of hydrogen-bond acceptors (Lipinski definition) is 4. The van der Waals surface area contributed by atoms with Crippen molar-refractivity contribution in [2.75, 3.05) is 20.2 Å². The Morgan fingerprint density at radius 2 is 2.16 bits per heavy atom. The summed E-state index contributed by atoms with van der Waals surface area (Å²) in [5.41, 5.74) is 0. The van der Waals surface area contributed by atoms with Crippen LogP contribution in [0.2, 0.25) is 0 Å². The summed E-state index contributed by atoms with van der Waals surface area (Å²) >= 11 is 1.35. The highest BCUT2D eigenvalue weighted by Gasteiger charge is 2.18. The Bertz CT molecular complexity index is 420. The Kier molecular flexibility index (Phi) is 5.98. The van der Waals surface area contributed by atoms with Gasteiger partial charge < -0.3 is 15.3 Å². The minimum Gasteiger partial charge on any atom is -0.396 e. The van der Waals surface area contributed by atoms with Crippen LogP contribution in [0.25, 0.3) is 0 Å². The van der Waals surface area contributed by atoms with Crippen molar-refractivity contribution in [1.82, 2.24) is 10.2 Å². The molecule has 1 heterocycles. The van der Waals surface area contributed by atoms with E-state index in [2.05, 4.69) is 5.32 Å². The molecule has 2 N–H and O–H groups in total. The second kappa shape index (κ2) is 7.25. The summed E-state index contributed by atoms with van der Waals surface area (Å²) in [6, 6.07) is 3.41. The number of aliphatic hydroxyl groups excluding tert-OH is 1. The molecule has 19 heavy (non-hydrogen) atoms. The van der Waals surface area contributed by atoms with Crippen LogP contribution in [0.15, 0.2) is 17.5 Å². The molecule has 0 radical (unpaired) electrons. The zero-order valence-corrected chi connectivity index (χ0v) is 12.2. The van der Waals surface area contributed by atoms with Crippen molar-refractivity contribution in [3.63, 3.8) is 0 Å². The van der Waals surface area contributed by atoms with Crippen LogP contribution in [0.5, 0.6) is 0 Å². The number of nitrogens with one attached hydrogen (secondary N) is 1. The number of rotatable bonds is 6. The lowest BCUT2D eigenvalue weighted by atomic mass is 10.1. The summed E-state index contributed by atoms with van der Waals surface area (Å²) in [4.78, 5) is 25.7. The molecule has 106 valence electrons. The fraction of sp³-hybridized carbons (Fsp3) is 0.538. The van der Waals surface area contributed by atoms with Gasteiger partial charge in [-0.3, -0.25) is 9.59 Å². The number of carbonyl (C=O) groups excluding carboxylic acids is 2. The summed E-state index contributed by atoms with van der Waals surface area (Å²) in [5, 5.41) is 13.6. The van der Waals surface area contributed by atoms with Gasteiger partial charge in [-0.2, -0.15) is 0 Å². The van der Waals surface area contributed by atoms with Crippen LogP contribution < -0.4 is 5.32 Å². The van der Waals surface area contributed by atoms with Crippen LogP contribution in [0.1, 0.15) is 23.5 Å². The average Bonchev–Trinajstić information content (AvgIpc) is 2.90. The van der Waals surface area contributed by atoms with Crippen LogP contribution in [0.3, 0.4) is 0 Å². The van der Waals surface area contributed by atoms with Gasteiger partial charge in [0.15, 0.2) is 0 Å². The Labute approximate surface area is 117 Å². The highest BCUT2D eigenvalue weighted by atomic mass is 32.1. The molecule has 0 aliphatic carbocycles. The molecule has 0 saturated carbocycles. The van der Waals surface area contributed by atoms with Gasteiger partial charge in [-0.05, 0) is 24.3 Å². The lowest BCUT2D eigenvalue weighted by Gasteiger charge is -2.21. The van der Waals surface area contributed by atoms with E-state index < -0.39 is 0 Å². The zero-order chi connectivity index (χ0) is 14.4. The first-order valence-electron chi connectivity index (χ1n) is 6.15. The largest absolute Gasteiger partial charge is 0.396 e. The van der Waals surface area contributed by atoms with Gasteiger partial charge in [-0.15, -0.1) is 11.3 Å². The number of likely N-dealkylation sites (N-methyl/N-ethyl adjacent to an activating group) is 1. The molecule has 0 fully saturated rings. The number of thiophene rings is 1. The topological polar surface area (TPSA) is 69.6 Å². The smallest absolute Gasteiger partial charge is 0.264 e. The monoisotopic (exact) mass is 284 g/mol. The highest BCUT2D eigenvalue weighted by Crippen LogP contribution is 2.10. The first kappa shape index (κ1) is 15.7. The maximum absolute atomic E-state index is 11.9. The van der Waals surface area contributed by atoms with Gasteiger partial charge >= 0.3 is 0 Å². The molecule has 2 amide bonds. The van der Waals surface area contributed by atoms with E-state index in [1.54, 1.807) is 19.2 Å². The second-order valence-corrected chi connectivity index (χ2v) is 5.60. The van der Waals surface area contributed by atoms with Gasteiger partial charge in [0.25, 0.3) is 5.91 Å². The molecule has 6 heteroatoms. The molecule has 1 rings (SSSR count). The molecule has 0 saturated heterocycles. The molecular formula is C13H20N2O3S. The molecule has 2 unspecified atom stereocenters. The number of carbonyl (C=O) groups is 2. The average molecular weight is 284 g/mol. The predicted molar refractivity (Wildman–Crippen MR) is 75.1 cm³/mol. The number of aliphatic hydroxyl groups is 1. The third kappa shape index (κ3) is 4.65. The Hall–Kier alpha value is -1.40. The number of nitrogens with zero attached hydrogens (tertiary/aromatic N) is 1. The van der Waals surface area contributed by atoms with Crippen molar-refractivity contribution >= 4 is 23.2 Å². The van der Waals surface area contributed by atoms with Gasteiger partial charge in [-0.25, -0.2) is 0 Å². The summed E-state index contributed by atoms with van der Waals surface area (Å²) in [5.74, 6) is -0.393. The molecule has 5 nitrogen and oxygen atoms in total. The van der Waals surface area contributed by atoms with Crippen molar-refractivity contribution in [3.8, 4) is 0 Å². The molecular weight excluding hydrogens is 264 g/mol. The maximum atomic E-state index is 11.9. The SMILES string of the molecule is CC(CO)C(C)NC(=O)CN(C)C(=O)c1cccs1. The molecule has 0 bridgehead atoms. The molecule has 0 aromatic carbocycles. The van der Waals surface area contributed by atoms with Crippen LogP contribution in [0.4, 0.5) is 0 Å². The van der Waals surface area contributed by atoms with Gasteiger partial charge in [0.1, 0.15) is 0 Å². The molecule has 1 aromatic heterocycles. The highest BCUT2D eigenvalue weighted by molar-refractivity contribution is 7.12. The fourth-order valence-electron chi connectivity index (χ4n) is 1.48. The third-order valence-electron chi connectivity index (χ3n) is 2.99. The first-order valence-corrected chi connectivity index (χ1v) is 7.02. The maximum Gasteiger partial charge on any atom is 0.264 e. The van der Waals surface area contributed by atoms with Crippen molar-refractivity contribution in [1.29, 1.82) is 0 Å². The van der Waals surface area contributed by atoms with E-state index in [1.807, 2.05) is 19.2 Å². The molecule has 2 atom stereocenters. The van der Waals surface area contributed by atoms with E-state index in [0.717, 1.165) is 0 Å². The molecule has 0 aliphatic rings. The van der Waals surface area contributed by atoms with E-state index in [-0.39, 0.29) is 36.9 Å². The van der Waals surface area contributed by atoms with Gasteiger partial charge in [0.05, 0.1) is 11.4 Å². The summed E-state index contributed by atoms with van der Waals surface area (Å²) in [6.45, 7) is 3.72. The van der Waals surface area contributed by atoms with E-state index >= 15 is 0 Å². The first-order chi connectivity index (χ1) is 8.95. The molecule has 0 aliphatic heterocycles. The summed E-state index contributed by atoms with van der Waals surface area (Å²) < 4.78 is 0. The van der Waals surface area contributed by atoms with Crippen LogP contribution >= 0.6 is 11.3 Å². The minimum absolute atomic E-state index is 0.0118. The fourth-order valence-corrected chi connectivity index (χ4v) is 2.19. The van der Waals surface area contributed by atoms with Crippen molar-refractivity contribution in [2.24, 2.45) is 5.92 Å². The number of amides is 2. The van der Waals surface area contributed by atoms with Gasteiger partial charge in [0, 0.05) is 19.7 Å². The summed E-state index contributed by atoms with van der Waals surface area (Å²) in [7, 11) is 1.60. The van der Waals surface area contributed by atoms with Crippen LogP contribution in [-0.4, -0.2) is 48.1 Å². The zero-order valence-electron chi connectivity index (χ0n) is 11.4. The lowest BCUT2D eigenvalue weighted by Crippen LogP contribution is -2.44.